The smallest absolute Gasteiger partial charge is 0.291 e. The van der Waals surface area contributed by atoms with E-state index in [1.807, 2.05) is 0 Å². The van der Waals surface area contributed by atoms with Crippen LogP contribution in [0, 0.1) is 0 Å². The highest BCUT2D eigenvalue weighted by Gasteiger charge is 2.13. The fourth-order valence-corrected chi connectivity index (χ4v) is 1.45. The van der Waals surface area contributed by atoms with Crippen molar-refractivity contribution in [3.05, 3.63) is 39.6 Å². The number of aromatic nitrogens is 3. The number of nitrogens with one attached hydrogen (secondary N) is 2. The number of aromatic amines is 1. The molecule has 0 spiro atoms. The van der Waals surface area contributed by atoms with E-state index in [1.54, 1.807) is 12.1 Å². The van der Waals surface area contributed by atoms with Crippen LogP contribution in [0.1, 0.15) is 10.6 Å². The number of H-pyrrole nitrogens is 1. The number of carbonyl (C=O) groups is 1. The van der Waals surface area contributed by atoms with Crippen molar-refractivity contribution in [2.24, 2.45) is 0 Å². The molecule has 0 bridgehead atoms. The van der Waals surface area contributed by atoms with Crippen LogP contribution in [-0.2, 0) is 0 Å². The van der Waals surface area contributed by atoms with E-state index in [0.29, 0.717) is 10.8 Å². The molecule has 0 aromatic carbocycles. The lowest BCUT2D eigenvalue weighted by molar-refractivity contribution is 0.101. The predicted octanol–water partition coefficient (Wildman–Crippen LogP) is 3.02. The van der Waals surface area contributed by atoms with Crippen LogP contribution in [-0.4, -0.2) is 20.9 Å². The summed E-state index contributed by atoms with van der Waals surface area (Å²) < 4.78 is 0. The maximum atomic E-state index is 11.7. The highest BCUT2D eigenvalue weighted by Crippen LogP contribution is 2.18. The second-order valence-electron chi connectivity index (χ2n) is 3.01. The van der Waals surface area contributed by atoms with E-state index in [2.05, 4.69) is 20.3 Å². The number of amides is 1. The number of imidazole rings is 1. The van der Waals surface area contributed by atoms with Gasteiger partial charge in [0.1, 0.15) is 10.3 Å². The van der Waals surface area contributed by atoms with E-state index in [-0.39, 0.29) is 16.1 Å². The lowest BCUT2D eigenvalue weighted by atomic mass is 10.4. The largest absolute Gasteiger partial charge is 0.324 e. The molecular weight excluding hydrogens is 286 g/mol. The van der Waals surface area contributed by atoms with Crippen LogP contribution in [0.25, 0.3) is 0 Å². The Morgan fingerprint density at radius 2 is 2.06 bits per heavy atom. The number of hydrogen-bond donors (Lipinski definition) is 2. The Morgan fingerprint density at radius 1 is 1.29 bits per heavy atom. The van der Waals surface area contributed by atoms with Gasteiger partial charge in [-0.05, 0) is 12.1 Å². The third kappa shape index (κ3) is 2.88. The van der Waals surface area contributed by atoms with Gasteiger partial charge in [0, 0.05) is 0 Å². The van der Waals surface area contributed by atoms with E-state index < -0.39 is 5.91 Å². The van der Waals surface area contributed by atoms with Gasteiger partial charge in [-0.15, -0.1) is 0 Å². The first kappa shape index (κ1) is 12.2. The maximum Gasteiger partial charge on any atom is 0.291 e. The molecule has 0 saturated carbocycles. The highest BCUT2D eigenvalue weighted by molar-refractivity contribution is 6.40. The Balaban J connectivity index is 2.14. The summed E-state index contributed by atoms with van der Waals surface area (Å²) in [5.41, 5.74) is 0.489. The number of nitrogens with zero attached hydrogens (tertiary/aromatic N) is 2. The standard InChI is InChI=1S/C9H5Cl3N4O/c10-5-2-1-4(3-13-5)14-9(17)8-15-6(11)7(12)16-8/h1-3H,(H,14,17)(H,15,16). The van der Waals surface area contributed by atoms with Gasteiger partial charge in [0.05, 0.1) is 11.9 Å². The second-order valence-corrected chi connectivity index (χ2v) is 4.14. The lowest BCUT2D eigenvalue weighted by Crippen LogP contribution is -2.13. The van der Waals surface area contributed by atoms with Crippen LogP contribution in [0.3, 0.4) is 0 Å². The third-order valence-corrected chi connectivity index (χ3v) is 2.69. The molecule has 0 saturated heterocycles. The lowest BCUT2D eigenvalue weighted by Gasteiger charge is -2.01. The minimum Gasteiger partial charge on any atom is -0.324 e. The SMILES string of the molecule is O=C(Nc1ccc(Cl)nc1)c1nc(Cl)c(Cl)[nH]1. The van der Waals surface area contributed by atoms with Gasteiger partial charge in [0.25, 0.3) is 5.91 Å². The Hall–Kier alpha value is -1.30. The summed E-state index contributed by atoms with van der Waals surface area (Å²) in [6.45, 7) is 0. The third-order valence-electron chi connectivity index (χ3n) is 1.82. The summed E-state index contributed by atoms with van der Waals surface area (Å²) in [7, 11) is 0. The molecule has 0 unspecified atom stereocenters. The average molecular weight is 292 g/mol. The number of pyridine rings is 1. The first-order valence-corrected chi connectivity index (χ1v) is 5.53. The van der Waals surface area contributed by atoms with Crippen molar-refractivity contribution in [3.8, 4) is 0 Å². The zero-order valence-corrected chi connectivity index (χ0v) is 10.4. The molecule has 5 nitrogen and oxygen atoms in total. The van der Waals surface area contributed by atoms with E-state index in [0.717, 1.165) is 0 Å². The van der Waals surface area contributed by atoms with Crippen molar-refractivity contribution in [1.29, 1.82) is 0 Å². The van der Waals surface area contributed by atoms with Gasteiger partial charge in [-0.1, -0.05) is 34.8 Å². The fourth-order valence-electron chi connectivity index (χ4n) is 1.08. The van der Waals surface area contributed by atoms with Crippen LogP contribution in [0.5, 0.6) is 0 Å². The molecule has 88 valence electrons. The molecule has 2 heterocycles. The van der Waals surface area contributed by atoms with Crippen LogP contribution in [0.15, 0.2) is 18.3 Å². The second kappa shape index (κ2) is 4.91. The van der Waals surface area contributed by atoms with Gasteiger partial charge in [-0.3, -0.25) is 4.79 Å². The summed E-state index contributed by atoms with van der Waals surface area (Å²) in [6, 6.07) is 3.17. The van der Waals surface area contributed by atoms with Gasteiger partial charge in [-0.2, -0.15) is 0 Å². The quantitative estimate of drug-likeness (QED) is 0.836. The van der Waals surface area contributed by atoms with Gasteiger partial charge < -0.3 is 10.3 Å². The van der Waals surface area contributed by atoms with Crippen molar-refractivity contribution >= 4 is 46.4 Å². The number of hydrogen-bond acceptors (Lipinski definition) is 3. The van der Waals surface area contributed by atoms with Crippen molar-refractivity contribution in [2.75, 3.05) is 5.32 Å². The summed E-state index contributed by atoms with van der Waals surface area (Å²) in [4.78, 5) is 21.8. The predicted molar refractivity (Wildman–Crippen MR) is 65.8 cm³/mol. The number of rotatable bonds is 2. The van der Waals surface area contributed by atoms with E-state index in [4.69, 9.17) is 34.8 Å². The van der Waals surface area contributed by atoms with Crippen molar-refractivity contribution < 1.29 is 4.79 Å². The van der Waals surface area contributed by atoms with Crippen LogP contribution >= 0.6 is 34.8 Å². The maximum absolute atomic E-state index is 11.7. The molecule has 0 radical (unpaired) electrons. The number of halogens is 3. The molecular formula is C9H5Cl3N4O. The molecule has 0 atom stereocenters. The van der Waals surface area contributed by atoms with E-state index >= 15 is 0 Å². The molecule has 17 heavy (non-hydrogen) atoms. The average Bonchev–Trinajstić information content (AvgIpc) is 2.63. The van der Waals surface area contributed by atoms with Gasteiger partial charge in [0.15, 0.2) is 11.0 Å². The van der Waals surface area contributed by atoms with Gasteiger partial charge in [0.2, 0.25) is 0 Å². The topological polar surface area (TPSA) is 70.7 Å². The Bertz CT molecular complexity index is 532. The molecule has 2 aromatic heterocycles. The molecule has 0 fully saturated rings. The minimum absolute atomic E-state index is 0.0231. The summed E-state index contributed by atoms with van der Waals surface area (Å²) in [6.07, 6.45) is 1.42. The number of carbonyl (C=O) groups excluding carboxylic acids is 1. The van der Waals surface area contributed by atoms with Crippen LogP contribution in [0.2, 0.25) is 15.5 Å². The summed E-state index contributed by atoms with van der Waals surface area (Å²) in [5.74, 6) is -0.446. The highest BCUT2D eigenvalue weighted by atomic mass is 35.5. The van der Waals surface area contributed by atoms with Gasteiger partial charge in [-0.25, -0.2) is 9.97 Å². The van der Waals surface area contributed by atoms with E-state index in [9.17, 15) is 4.79 Å². The molecule has 8 heteroatoms. The molecule has 0 aliphatic carbocycles. The van der Waals surface area contributed by atoms with E-state index in [1.165, 1.54) is 6.20 Å². The fraction of sp³-hybridized carbons (Fsp3) is 0. The molecule has 0 aliphatic rings. The minimum atomic E-state index is -0.470. The zero-order valence-electron chi connectivity index (χ0n) is 8.17. The molecule has 0 aliphatic heterocycles. The van der Waals surface area contributed by atoms with Crippen LogP contribution in [0.4, 0.5) is 5.69 Å². The summed E-state index contributed by atoms with van der Waals surface area (Å²) in [5, 5.41) is 3.06. The monoisotopic (exact) mass is 290 g/mol. The number of anilines is 1. The molecule has 1 amide bonds. The zero-order chi connectivity index (χ0) is 12.4. The Morgan fingerprint density at radius 3 is 2.59 bits per heavy atom. The Labute approximate surface area is 111 Å². The first-order valence-electron chi connectivity index (χ1n) is 4.40. The van der Waals surface area contributed by atoms with Crippen molar-refractivity contribution in [3.63, 3.8) is 0 Å². The van der Waals surface area contributed by atoms with Crippen molar-refractivity contribution in [1.82, 2.24) is 15.0 Å². The molecule has 2 rings (SSSR count). The normalized spacial score (nSPS) is 10.3. The van der Waals surface area contributed by atoms with Crippen LogP contribution < -0.4 is 5.32 Å². The Kier molecular flexibility index (Phi) is 3.51. The summed E-state index contributed by atoms with van der Waals surface area (Å²) >= 11 is 16.9. The van der Waals surface area contributed by atoms with Crippen molar-refractivity contribution in [2.45, 2.75) is 0 Å². The molecule has 2 N–H and O–H groups in total. The van der Waals surface area contributed by atoms with Gasteiger partial charge >= 0.3 is 0 Å². The molecule has 2 aromatic rings. The first-order chi connectivity index (χ1) is 8.06.